The number of aryl methyl sites for hydroxylation is 1. The molecule has 0 amide bonds. The molecule has 0 fully saturated rings. The van der Waals surface area contributed by atoms with Crippen molar-refractivity contribution < 1.29 is 18.7 Å². The molecule has 2 nitrogen and oxygen atoms in total. The number of rotatable bonds is 4. The van der Waals surface area contributed by atoms with Crippen molar-refractivity contribution in [3.63, 3.8) is 0 Å². The van der Waals surface area contributed by atoms with Gasteiger partial charge in [0.25, 0.3) is 6.43 Å². The van der Waals surface area contributed by atoms with Crippen molar-refractivity contribution in [1.29, 1.82) is 0 Å². The molecular formula is C10H10F2O2S. The average molecular weight is 232 g/mol. The van der Waals surface area contributed by atoms with Crippen LogP contribution in [0.1, 0.15) is 24.0 Å². The highest BCUT2D eigenvalue weighted by Crippen LogP contribution is 2.26. The van der Waals surface area contributed by atoms with Crippen LogP contribution in [0, 0.1) is 0 Å². The van der Waals surface area contributed by atoms with Crippen LogP contribution in [0.5, 0.6) is 0 Å². The van der Waals surface area contributed by atoms with Crippen LogP contribution in [-0.4, -0.2) is 11.1 Å². The Balaban J connectivity index is 2.77. The van der Waals surface area contributed by atoms with Gasteiger partial charge < -0.3 is 5.11 Å². The predicted molar refractivity (Wildman–Crippen MR) is 54.6 cm³/mol. The van der Waals surface area contributed by atoms with Gasteiger partial charge in [0.2, 0.25) is 0 Å². The first-order valence-electron chi connectivity index (χ1n) is 4.32. The molecule has 0 atom stereocenters. The predicted octanol–water partition coefficient (Wildman–Crippen LogP) is 2.93. The van der Waals surface area contributed by atoms with E-state index in [-0.39, 0.29) is 16.9 Å². The molecule has 1 aromatic carbocycles. The number of benzene rings is 1. The van der Waals surface area contributed by atoms with Gasteiger partial charge in [0.1, 0.15) is 0 Å². The number of carboxylic acid groups (broad SMARTS) is 1. The van der Waals surface area contributed by atoms with Crippen molar-refractivity contribution in [2.24, 2.45) is 0 Å². The van der Waals surface area contributed by atoms with Crippen LogP contribution in [0.4, 0.5) is 8.78 Å². The molecule has 1 rings (SSSR count). The first-order valence-corrected chi connectivity index (χ1v) is 4.77. The summed E-state index contributed by atoms with van der Waals surface area (Å²) in [5.74, 6) is -0.909. The van der Waals surface area contributed by atoms with Gasteiger partial charge >= 0.3 is 5.97 Å². The van der Waals surface area contributed by atoms with Crippen molar-refractivity contribution in [3.8, 4) is 0 Å². The molecule has 5 heteroatoms. The van der Waals surface area contributed by atoms with E-state index in [1.165, 1.54) is 18.2 Å². The van der Waals surface area contributed by atoms with Gasteiger partial charge in [-0.25, -0.2) is 8.78 Å². The largest absolute Gasteiger partial charge is 0.481 e. The van der Waals surface area contributed by atoms with Gasteiger partial charge in [-0.15, -0.1) is 12.6 Å². The minimum absolute atomic E-state index is 0.0127. The Morgan fingerprint density at radius 2 is 2.13 bits per heavy atom. The first-order chi connectivity index (χ1) is 7.00. The maximum absolute atomic E-state index is 12.3. The number of hydrogen-bond donors (Lipinski definition) is 2. The van der Waals surface area contributed by atoms with Crippen LogP contribution in [0.3, 0.4) is 0 Å². The first kappa shape index (κ1) is 12.0. The fourth-order valence-corrected chi connectivity index (χ4v) is 1.52. The fourth-order valence-electron chi connectivity index (χ4n) is 1.18. The van der Waals surface area contributed by atoms with Crippen molar-refractivity contribution in [1.82, 2.24) is 0 Å². The van der Waals surface area contributed by atoms with E-state index in [9.17, 15) is 13.6 Å². The van der Waals surface area contributed by atoms with E-state index >= 15 is 0 Å². The van der Waals surface area contributed by atoms with Gasteiger partial charge in [-0.05, 0) is 18.1 Å². The average Bonchev–Trinajstić information content (AvgIpc) is 2.14. The Morgan fingerprint density at radius 3 is 2.60 bits per heavy atom. The second-order valence-corrected chi connectivity index (χ2v) is 3.57. The summed E-state index contributed by atoms with van der Waals surface area (Å²) in [7, 11) is 0. The van der Waals surface area contributed by atoms with Gasteiger partial charge in [-0.2, -0.15) is 0 Å². The summed E-state index contributed by atoms with van der Waals surface area (Å²) in [5.41, 5.74) is 0.573. The van der Waals surface area contributed by atoms with Crippen LogP contribution >= 0.6 is 12.6 Å². The number of aliphatic carboxylic acids is 1. The standard InChI is InChI=1S/C10H10F2O2S/c11-10(12)7-3-1-6(5-8(7)15)2-4-9(13)14/h1,3,5,10,15H,2,4H2,(H,13,14). The topological polar surface area (TPSA) is 37.3 Å². The maximum atomic E-state index is 12.3. The normalized spacial score (nSPS) is 10.7. The number of hydrogen-bond acceptors (Lipinski definition) is 2. The van der Waals surface area contributed by atoms with Gasteiger partial charge in [-0.3, -0.25) is 4.79 Å². The second-order valence-electron chi connectivity index (χ2n) is 3.09. The molecule has 0 aliphatic heterocycles. The highest BCUT2D eigenvalue weighted by Gasteiger charge is 2.11. The molecule has 0 aromatic heterocycles. The Labute approximate surface area is 91.3 Å². The third-order valence-corrected chi connectivity index (χ3v) is 2.34. The zero-order valence-electron chi connectivity index (χ0n) is 7.78. The summed E-state index contributed by atoms with van der Waals surface area (Å²) in [6, 6.07) is 4.27. The Morgan fingerprint density at radius 1 is 1.47 bits per heavy atom. The van der Waals surface area contributed by atoms with E-state index in [2.05, 4.69) is 12.6 Å². The second kappa shape index (κ2) is 5.11. The summed E-state index contributed by atoms with van der Waals surface area (Å²) in [6.07, 6.45) is -2.24. The fraction of sp³-hybridized carbons (Fsp3) is 0.300. The Bertz CT molecular complexity index is 366. The van der Waals surface area contributed by atoms with Gasteiger partial charge in [0.05, 0.1) is 0 Å². The molecule has 1 N–H and O–H groups in total. The minimum atomic E-state index is -2.55. The SMILES string of the molecule is O=C(O)CCc1ccc(C(F)F)c(S)c1. The van der Waals surface area contributed by atoms with Gasteiger partial charge in [-0.1, -0.05) is 12.1 Å². The highest BCUT2D eigenvalue weighted by atomic mass is 32.1. The Hall–Kier alpha value is -1.10. The molecule has 0 aliphatic rings. The van der Waals surface area contributed by atoms with E-state index < -0.39 is 12.4 Å². The lowest BCUT2D eigenvalue weighted by molar-refractivity contribution is -0.136. The molecule has 82 valence electrons. The van der Waals surface area contributed by atoms with Crippen molar-refractivity contribution in [2.75, 3.05) is 0 Å². The number of carboxylic acids is 1. The van der Waals surface area contributed by atoms with Crippen LogP contribution < -0.4 is 0 Å². The molecule has 0 unspecified atom stereocenters. The van der Waals surface area contributed by atoms with Gasteiger partial charge in [0, 0.05) is 16.9 Å². The van der Waals surface area contributed by atoms with Gasteiger partial charge in [0.15, 0.2) is 0 Å². The highest BCUT2D eigenvalue weighted by molar-refractivity contribution is 7.80. The number of halogens is 2. The van der Waals surface area contributed by atoms with E-state index in [4.69, 9.17) is 5.11 Å². The zero-order chi connectivity index (χ0) is 11.4. The maximum Gasteiger partial charge on any atom is 0.303 e. The van der Waals surface area contributed by atoms with E-state index in [1.807, 2.05) is 0 Å². The smallest absolute Gasteiger partial charge is 0.303 e. The van der Waals surface area contributed by atoms with Crippen LogP contribution in [-0.2, 0) is 11.2 Å². The third kappa shape index (κ3) is 3.51. The lowest BCUT2D eigenvalue weighted by Crippen LogP contribution is -1.98. The molecule has 0 radical (unpaired) electrons. The monoisotopic (exact) mass is 232 g/mol. The number of alkyl halides is 2. The number of carbonyl (C=O) groups is 1. The van der Waals surface area contributed by atoms with E-state index in [1.54, 1.807) is 0 Å². The molecule has 0 spiro atoms. The summed E-state index contributed by atoms with van der Waals surface area (Å²) < 4.78 is 24.7. The summed E-state index contributed by atoms with van der Waals surface area (Å²) in [6.45, 7) is 0. The van der Waals surface area contributed by atoms with Crippen LogP contribution in [0.2, 0.25) is 0 Å². The minimum Gasteiger partial charge on any atom is -0.481 e. The summed E-state index contributed by atoms with van der Waals surface area (Å²) >= 11 is 3.92. The van der Waals surface area contributed by atoms with Crippen molar-refractivity contribution in [2.45, 2.75) is 24.2 Å². The third-order valence-electron chi connectivity index (χ3n) is 1.96. The van der Waals surface area contributed by atoms with E-state index in [0.717, 1.165) is 0 Å². The molecular weight excluding hydrogens is 222 g/mol. The number of thiol groups is 1. The molecule has 15 heavy (non-hydrogen) atoms. The van der Waals surface area contributed by atoms with Crippen molar-refractivity contribution in [3.05, 3.63) is 29.3 Å². The molecule has 0 saturated carbocycles. The molecule has 0 aliphatic carbocycles. The van der Waals surface area contributed by atoms with Crippen molar-refractivity contribution >= 4 is 18.6 Å². The molecule has 1 aromatic rings. The Kier molecular flexibility index (Phi) is 4.08. The van der Waals surface area contributed by atoms with Crippen LogP contribution in [0.15, 0.2) is 23.1 Å². The quantitative estimate of drug-likeness (QED) is 0.783. The summed E-state index contributed by atoms with van der Waals surface area (Å²) in [4.78, 5) is 10.5. The lowest BCUT2D eigenvalue weighted by atomic mass is 10.1. The van der Waals surface area contributed by atoms with E-state index in [0.29, 0.717) is 12.0 Å². The summed E-state index contributed by atoms with van der Waals surface area (Å²) in [5, 5.41) is 8.45. The molecule has 0 heterocycles. The lowest BCUT2D eigenvalue weighted by Gasteiger charge is -2.06. The van der Waals surface area contributed by atoms with Crippen LogP contribution in [0.25, 0.3) is 0 Å². The molecule has 0 bridgehead atoms. The zero-order valence-corrected chi connectivity index (χ0v) is 8.68. The molecule has 0 saturated heterocycles.